The van der Waals surface area contributed by atoms with Gasteiger partial charge in [-0.25, -0.2) is 5.43 Å². The molecule has 0 unspecified atom stereocenters. The van der Waals surface area contributed by atoms with E-state index in [-0.39, 0.29) is 5.91 Å². The highest BCUT2D eigenvalue weighted by molar-refractivity contribution is 6.01. The Kier molecular flexibility index (Phi) is 10.4. The molecule has 3 rings (SSSR count). The minimum absolute atomic E-state index is 0.317. The standard InChI is InChI=1S/C28H36N4O4/c1-5-6-7-8-9-10-17-36-23-14-11-21(12-15-23)24-19-25(31-30-24)28(33)32-29-20(2)22-13-16-26(34-3)27(18-22)35-4/h11-16,18-19H,5-10,17H2,1-4H3,(H,30,31)(H,32,33)/b29-20+. The fourth-order valence-corrected chi connectivity index (χ4v) is 3.70. The Hall–Kier alpha value is -3.81. The number of carbonyl (C=O) groups is 1. The number of nitrogens with zero attached hydrogens (tertiary/aromatic N) is 2. The quantitative estimate of drug-likeness (QED) is 0.164. The molecule has 1 amide bonds. The summed E-state index contributed by atoms with van der Waals surface area (Å²) in [5.41, 5.74) is 5.87. The Morgan fingerprint density at radius 1 is 0.944 bits per heavy atom. The molecule has 0 fully saturated rings. The van der Waals surface area contributed by atoms with Crippen LogP contribution < -0.4 is 19.6 Å². The summed E-state index contributed by atoms with van der Waals surface area (Å²) in [6.07, 6.45) is 7.42. The predicted octanol–water partition coefficient (Wildman–Crippen LogP) is 5.99. The van der Waals surface area contributed by atoms with Crippen LogP contribution in [0.1, 0.15) is 68.4 Å². The lowest BCUT2D eigenvalue weighted by Gasteiger charge is -2.09. The number of carbonyl (C=O) groups excluding carboxylic acids is 1. The molecule has 0 aliphatic heterocycles. The first kappa shape index (κ1) is 26.8. The molecule has 2 N–H and O–H groups in total. The van der Waals surface area contributed by atoms with Crippen molar-refractivity contribution >= 4 is 11.6 Å². The van der Waals surface area contributed by atoms with Gasteiger partial charge in [-0.2, -0.15) is 10.2 Å². The second kappa shape index (κ2) is 13.9. The summed E-state index contributed by atoms with van der Waals surface area (Å²) in [5.74, 6) is 1.67. The molecular weight excluding hydrogens is 456 g/mol. The fourth-order valence-electron chi connectivity index (χ4n) is 3.70. The predicted molar refractivity (Wildman–Crippen MR) is 142 cm³/mol. The molecule has 0 spiro atoms. The van der Waals surface area contributed by atoms with E-state index in [9.17, 15) is 4.79 Å². The topological polar surface area (TPSA) is 97.8 Å². The van der Waals surface area contributed by atoms with Crippen molar-refractivity contribution in [3.05, 3.63) is 59.8 Å². The molecule has 8 nitrogen and oxygen atoms in total. The summed E-state index contributed by atoms with van der Waals surface area (Å²) in [6, 6.07) is 14.9. The lowest BCUT2D eigenvalue weighted by molar-refractivity contribution is 0.0950. The maximum Gasteiger partial charge on any atom is 0.289 e. The summed E-state index contributed by atoms with van der Waals surface area (Å²) < 4.78 is 16.4. The molecule has 1 heterocycles. The van der Waals surface area contributed by atoms with Crippen molar-refractivity contribution in [2.24, 2.45) is 5.10 Å². The van der Waals surface area contributed by atoms with Gasteiger partial charge in [-0.15, -0.1) is 0 Å². The van der Waals surface area contributed by atoms with E-state index in [1.807, 2.05) is 30.3 Å². The molecule has 0 atom stereocenters. The second-order valence-corrected chi connectivity index (χ2v) is 8.52. The number of rotatable bonds is 14. The minimum Gasteiger partial charge on any atom is -0.494 e. The van der Waals surface area contributed by atoms with Crippen LogP contribution in [0.2, 0.25) is 0 Å². The zero-order valence-electron chi connectivity index (χ0n) is 21.6. The Morgan fingerprint density at radius 3 is 2.39 bits per heavy atom. The maximum absolute atomic E-state index is 12.6. The van der Waals surface area contributed by atoms with Gasteiger partial charge in [0.2, 0.25) is 0 Å². The van der Waals surface area contributed by atoms with E-state index < -0.39 is 0 Å². The van der Waals surface area contributed by atoms with Crippen molar-refractivity contribution < 1.29 is 19.0 Å². The molecule has 192 valence electrons. The van der Waals surface area contributed by atoms with Crippen LogP contribution in [0, 0.1) is 0 Å². The van der Waals surface area contributed by atoms with Gasteiger partial charge in [-0.1, -0.05) is 39.0 Å². The van der Waals surface area contributed by atoms with E-state index in [0.717, 1.165) is 29.9 Å². The SMILES string of the molecule is CCCCCCCCOc1ccc(-c2cc(C(=O)N/N=C(\C)c3ccc(OC)c(OC)c3)[nH]n2)cc1. The highest BCUT2D eigenvalue weighted by Gasteiger charge is 2.12. The molecule has 8 heteroatoms. The number of aromatic amines is 1. The van der Waals surface area contributed by atoms with Crippen molar-refractivity contribution in [2.45, 2.75) is 52.4 Å². The number of hydrogen-bond acceptors (Lipinski definition) is 6. The first-order valence-corrected chi connectivity index (χ1v) is 12.4. The maximum atomic E-state index is 12.6. The van der Waals surface area contributed by atoms with Gasteiger partial charge >= 0.3 is 0 Å². The number of hydrazone groups is 1. The number of hydrogen-bond donors (Lipinski definition) is 2. The van der Waals surface area contributed by atoms with E-state index in [1.165, 1.54) is 32.1 Å². The number of aromatic nitrogens is 2. The highest BCUT2D eigenvalue weighted by atomic mass is 16.5. The van der Waals surface area contributed by atoms with Crippen molar-refractivity contribution in [3.63, 3.8) is 0 Å². The Balaban J connectivity index is 1.52. The fraction of sp³-hybridized carbons (Fsp3) is 0.393. The van der Waals surface area contributed by atoms with Gasteiger partial charge in [0.05, 0.1) is 32.2 Å². The third-order valence-corrected chi connectivity index (χ3v) is 5.87. The van der Waals surface area contributed by atoms with E-state index >= 15 is 0 Å². The second-order valence-electron chi connectivity index (χ2n) is 8.52. The third-order valence-electron chi connectivity index (χ3n) is 5.87. The Morgan fingerprint density at radius 2 is 1.67 bits per heavy atom. The zero-order valence-corrected chi connectivity index (χ0v) is 21.6. The molecule has 0 aliphatic rings. The molecule has 1 aromatic heterocycles. The first-order chi connectivity index (χ1) is 17.5. The van der Waals surface area contributed by atoms with Gasteiger partial charge in [0.25, 0.3) is 5.91 Å². The Bertz CT molecular complexity index is 1140. The summed E-state index contributed by atoms with van der Waals surface area (Å²) in [7, 11) is 3.15. The molecule has 3 aromatic rings. The van der Waals surface area contributed by atoms with Crippen LogP contribution in [0.25, 0.3) is 11.3 Å². The van der Waals surface area contributed by atoms with Gasteiger partial charge in [-0.3, -0.25) is 9.89 Å². The number of amides is 1. The average molecular weight is 493 g/mol. The van der Waals surface area contributed by atoms with E-state index in [0.29, 0.717) is 28.6 Å². The van der Waals surface area contributed by atoms with Crippen molar-refractivity contribution in [1.82, 2.24) is 15.6 Å². The summed E-state index contributed by atoms with van der Waals surface area (Å²) in [5, 5.41) is 11.3. The molecule has 0 bridgehead atoms. The monoisotopic (exact) mass is 492 g/mol. The largest absolute Gasteiger partial charge is 0.494 e. The molecule has 0 saturated heterocycles. The van der Waals surface area contributed by atoms with Crippen LogP contribution >= 0.6 is 0 Å². The van der Waals surface area contributed by atoms with Gasteiger partial charge in [0.1, 0.15) is 11.4 Å². The number of nitrogens with one attached hydrogen (secondary N) is 2. The van der Waals surface area contributed by atoms with Crippen molar-refractivity contribution in [1.29, 1.82) is 0 Å². The molecule has 0 saturated carbocycles. The summed E-state index contributed by atoms with van der Waals surface area (Å²) >= 11 is 0. The van der Waals surface area contributed by atoms with Crippen molar-refractivity contribution in [3.8, 4) is 28.5 Å². The van der Waals surface area contributed by atoms with Crippen LogP contribution in [-0.2, 0) is 0 Å². The number of ether oxygens (including phenoxy) is 3. The number of H-pyrrole nitrogens is 1. The molecule has 0 radical (unpaired) electrons. The summed E-state index contributed by atoms with van der Waals surface area (Å²) in [4.78, 5) is 12.6. The molecular formula is C28H36N4O4. The third kappa shape index (κ3) is 7.60. The lowest BCUT2D eigenvalue weighted by Crippen LogP contribution is -2.19. The van der Waals surface area contributed by atoms with E-state index in [4.69, 9.17) is 14.2 Å². The van der Waals surface area contributed by atoms with Gasteiger partial charge in [0, 0.05) is 11.1 Å². The summed E-state index contributed by atoms with van der Waals surface area (Å²) in [6.45, 7) is 4.75. The van der Waals surface area contributed by atoms with Gasteiger partial charge in [-0.05, 0) is 61.9 Å². The van der Waals surface area contributed by atoms with E-state index in [1.54, 1.807) is 39.3 Å². The van der Waals surface area contributed by atoms with E-state index in [2.05, 4.69) is 27.6 Å². The number of unbranched alkanes of at least 4 members (excludes halogenated alkanes) is 5. The van der Waals surface area contributed by atoms with Gasteiger partial charge < -0.3 is 14.2 Å². The first-order valence-electron chi connectivity index (χ1n) is 12.4. The average Bonchev–Trinajstić information content (AvgIpc) is 3.41. The van der Waals surface area contributed by atoms with Crippen LogP contribution in [0.5, 0.6) is 17.2 Å². The van der Waals surface area contributed by atoms with Crippen LogP contribution in [0.15, 0.2) is 53.6 Å². The molecule has 2 aromatic carbocycles. The van der Waals surface area contributed by atoms with Gasteiger partial charge in [0.15, 0.2) is 11.5 Å². The lowest BCUT2D eigenvalue weighted by atomic mass is 10.1. The van der Waals surface area contributed by atoms with Crippen LogP contribution in [0.3, 0.4) is 0 Å². The van der Waals surface area contributed by atoms with Crippen LogP contribution in [0.4, 0.5) is 0 Å². The smallest absolute Gasteiger partial charge is 0.289 e. The molecule has 0 aliphatic carbocycles. The zero-order chi connectivity index (χ0) is 25.8. The normalized spacial score (nSPS) is 11.3. The minimum atomic E-state index is -0.382. The van der Waals surface area contributed by atoms with Crippen LogP contribution in [-0.4, -0.2) is 42.6 Å². The Labute approximate surface area is 213 Å². The highest BCUT2D eigenvalue weighted by Crippen LogP contribution is 2.27. The number of benzene rings is 2. The van der Waals surface area contributed by atoms with Crippen molar-refractivity contribution in [2.75, 3.05) is 20.8 Å². The molecule has 36 heavy (non-hydrogen) atoms. The number of methoxy groups -OCH3 is 2.